The van der Waals surface area contributed by atoms with Crippen molar-refractivity contribution in [2.75, 3.05) is 11.5 Å². The van der Waals surface area contributed by atoms with E-state index in [1.165, 1.54) is 0 Å². The fourth-order valence-corrected chi connectivity index (χ4v) is 0.706. The molecule has 5 nitrogen and oxygen atoms in total. The van der Waals surface area contributed by atoms with Crippen molar-refractivity contribution in [2.24, 2.45) is 5.11 Å². The molecule has 0 heterocycles. The van der Waals surface area contributed by atoms with E-state index < -0.39 is 0 Å². The van der Waals surface area contributed by atoms with Crippen molar-refractivity contribution < 1.29 is 0 Å². The number of hydrogen-bond donors (Lipinski definition) is 2. The van der Waals surface area contributed by atoms with Gasteiger partial charge in [0.15, 0.2) is 0 Å². The van der Waals surface area contributed by atoms with Crippen molar-refractivity contribution >= 4 is 17.1 Å². The molecule has 11 heavy (non-hydrogen) atoms. The highest BCUT2D eigenvalue weighted by Gasteiger charge is 1.97. The summed E-state index contributed by atoms with van der Waals surface area (Å²) in [5.41, 5.74) is 20.1. The highest BCUT2D eigenvalue weighted by molar-refractivity contribution is 5.76. The maximum Gasteiger partial charge on any atom is 0.0644 e. The third-order valence-corrected chi connectivity index (χ3v) is 1.27. The summed E-state index contributed by atoms with van der Waals surface area (Å²) in [5, 5.41) is 3.34. The van der Waals surface area contributed by atoms with Crippen LogP contribution in [0.3, 0.4) is 0 Å². The van der Waals surface area contributed by atoms with Crippen LogP contribution in [0.25, 0.3) is 10.4 Å². The van der Waals surface area contributed by atoms with Crippen LogP contribution >= 0.6 is 0 Å². The van der Waals surface area contributed by atoms with Gasteiger partial charge in [-0.3, -0.25) is 0 Å². The first kappa shape index (κ1) is 7.24. The lowest BCUT2D eigenvalue weighted by molar-refractivity contribution is 1.48. The Morgan fingerprint density at radius 3 is 2.73 bits per heavy atom. The zero-order valence-electron chi connectivity index (χ0n) is 5.73. The van der Waals surface area contributed by atoms with Crippen LogP contribution in [0.1, 0.15) is 0 Å². The summed E-state index contributed by atoms with van der Waals surface area (Å²) < 4.78 is 0. The van der Waals surface area contributed by atoms with E-state index in [1.807, 2.05) is 0 Å². The Balaban J connectivity index is 3.26. The van der Waals surface area contributed by atoms with Gasteiger partial charge in [0, 0.05) is 4.91 Å². The fraction of sp³-hybridized carbons (Fsp3) is 0. The number of benzene rings is 1. The van der Waals surface area contributed by atoms with Crippen molar-refractivity contribution in [1.29, 1.82) is 0 Å². The third-order valence-electron chi connectivity index (χ3n) is 1.27. The van der Waals surface area contributed by atoms with Crippen LogP contribution < -0.4 is 11.5 Å². The van der Waals surface area contributed by atoms with Crippen LogP contribution in [0.15, 0.2) is 23.3 Å². The number of rotatable bonds is 1. The van der Waals surface area contributed by atoms with Crippen LogP contribution in [0.2, 0.25) is 0 Å². The molecule has 4 N–H and O–H groups in total. The molecule has 1 rings (SSSR count). The molecule has 0 aliphatic rings. The number of anilines is 2. The van der Waals surface area contributed by atoms with Crippen LogP contribution in [0, 0.1) is 0 Å². The normalized spacial score (nSPS) is 8.73. The van der Waals surface area contributed by atoms with Gasteiger partial charge in [0.05, 0.1) is 17.1 Å². The van der Waals surface area contributed by atoms with E-state index in [-0.39, 0.29) is 0 Å². The Hall–Kier alpha value is -1.87. The van der Waals surface area contributed by atoms with Crippen molar-refractivity contribution in [3.8, 4) is 0 Å². The SMILES string of the molecule is [N-]=[N+]=Nc1cccc(N)c1N. The highest BCUT2D eigenvalue weighted by Crippen LogP contribution is 2.26. The lowest BCUT2D eigenvalue weighted by Crippen LogP contribution is -1.93. The maximum absolute atomic E-state index is 8.10. The zero-order valence-corrected chi connectivity index (χ0v) is 5.73. The zero-order chi connectivity index (χ0) is 8.27. The molecule has 0 unspecified atom stereocenters. The van der Waals surface area contributed by atoms with E-state index in [4.69, 9.17) is 17.0 Å². The highest BCUT2D eigenvalue weighted by atomic mass is 15.1. The van der Waals surface area contributed by atoms with E-state index in [0.717, 1.165) is 0 Å². The molecule has 5 heteroatoms. The number of para-hydroxylation sites is 1. The van der Waals surface area contributed by atoms with E-state index in [0.29, 0.717) is 17.1 Å². The van der Waals surface area contributed by atoms with Crippen molar-refractivity contribution in [2.45, 2.75) is 0 Å². The molecule has 0 saturated carbocycles. The fourth-order valence-electron chi connectivity index (χ4n) is 0.706. The first-order valence-corrected chi connectivity index (χ1v) is 2.94. The Kier molecular flexibility index (Phi) is 1.85. The Morgan fingerprint density at radius 1 is 1.36 bits per heavy atom. The van der Waals surface area contributed by atoms with Crippen LogP contribution in [0.4, 0.5) is 17.1 Å². The van der Waals surface area contributed by atoms with Crippen molar-refractivity contribution in [3.63, 3.8) is 0 Å². The molecule has 0 fully saturated rings. The van der Waals surface area contributed by atoms with Gasteiger partial charge in [0.25, 0.3) is 0 Å². The predicted octanol–water partition coefficient (Wildman–Crippen LogP) is 1.79. The van der Waals surface area contributed by atoms with Crippen LogP contribution in [-0.4, -0.2) is 0 Å². The Bertz CT molecular complexity index is 313. The summed E-state index contributed by atoms with van der Waals surface area (Å²) in [5.74, 6) is 0. The molecule has 0 aromatic heterocycles. The first-order chi connectivity index (χ1) is 5.25. The molecule has 1 aromatic rings. The molecule has 0 atom stereocenters. The molecular formula is C6H7N5. The molecule has 0 radical (unpaired) electrons. The predicted molar refractivity (Wildman–Crippen MR) is 44.1 cm³/mol. The molecule has 0 saturated heterocycles. The van der Waals surface area contributed by atoms with Crippen LogP contribution in [0.5, 0.6) is 0 Å². The monoisotopic (exact) mass is 149 g/mol. The first-order valence-electron chi connectivity index (χ1n) is 2.94. The molecule has 56 valence electrons. The number of azide groups is 1. The molecule has 0 spiro atoms. The minimum atomic E-state index is 0.324. The number of nitrogens with zero attached hydrogens (tertiary/aromatic N) is 3. The van der Waals surface area contributed by atoms with Gasteiger partial charge in [-0.1, -0.05) is 17.2 Å². The van der Waals surface area contributed by atoms with Gasteiger partial charge in [0.1, 0.15) is 0 Å². The van der Waals surface area contributed by atoms with E-state index in [9.17, 15) is 0 Å². The average Bonchev–Trinajstić information content (AvgIpc) is 1.99. The second-order valence-electron chi connectivity index (χ2n) is 1.97. The Labute approximate surface area is 63.2 Å². The smallest absolute Gasteiger partial charge is 0.0644 e. The summed E-state index contributed by atoms with van der Waals surface area (Å²) in [6.07, 6.45) is 0. The lowest BCUT2D eigenvalue weighted by Gasteiger charge is -2.00. The molecule has 1 aromatic carbocycles. The number of nitrogens with two attached hydrogens (primary N) is 2. The molecular weight excluding hydrogens is 142 g/mol. The maximum atomic E-state index is 8.10. The van der Waals surface area contributed by atoms with E-state index in [1.54, 1.807) is 18.2 Å². The topological polar surface area (TPSA) is 101 Å². The minimum Gasteiger partial charge on any atom is -0.397 e. The Morgan fingerprint density at radius 2 is 2.09 bits per heavy atom. The van der Waals surface area contributed by atoms with Gasteiger partial charge in [-0.05, 0) is 11.6 Å². The number of hydrogen-bond acceptors (Lipinski definition) is 3. The number of nitrogen functional groups attached to an aromatic ring is 2. The van der Waals surface area contributed by atoms with Crippen LogP contribution in [-0.2, 0) is 0 Å². The van der Waals surface area contributed by atoms with Gasteiger partial charge in [-0.25, -0.2) is 0 Å². The molecule has 0 bridgehead atoms. The third kappa shape index (κ3) is 1.33. The molecule has 0 aliphatic heterocycles. The van der Waals surface area contributed by atoms with Crippen molar-refractivity contribution in [1.82, 2.24) is 0 Å². The summed E-state index contributed by atoms with van der Waals surface area (Å²) in [7, 11) is 0. The van der Waals surface area contributed by atoms with Gasteiger partial charge in [-0.15, -0.1) is 0 Å². The van der Waals surface area contributed by atoms with Gasteiger partial charge < -0.3 is 11.5 Å². The van der Waals surface area contributed by atoms with Gasteiger partial charge in [0.2, 0.25) is 0 Å². The largest absolute Gasteiger partial charge is 0.397 e. The van der Waals surface area contributed by atoms with Gasteiger partial charge in [-0.2, -0.15) is 0 Å². The second kappa shape index (κ2) is 2.81. The van der Waals surface area contributed by atoms with E-state index in [2.05, 4.69) is 10.0 Å². The van der Waals surface area contributed by atoms with Crippen molar-refractivity contribution in [3.05, 3.63) is 28.6 Å². The summed E-state index contributed by atoms with van der Waals surface area (Å²) in [6.45, 7) is 0. The quantitative estimate of drug-likeness (QED) is 0.275. The minimum absolute atomic E-state index is 0.324. The average molecular weight is 149 g/mol. The summed E-state index contributed by atoms with van der Waals surface area (Å²) in [4.78, 5) is 2.60. The summed E-state index contributed by atoms with van der Waals surface area (Å²) >= 11 is 0. The second-order valence-corrected chi connectivity index (χ2v) is 1.97. The standard InChI is InChI=1S/C6H7N5/c7-4-2-1-3-5(6(4)8)10-11-9/h1-3H,7-8H2. The van der Waals surface area contributed by atoms with E-state index >= 15 is 0 Å². The van der Waals surface area contributed by atoms with Gasteiger partial charge >= 0.3 is 0 Å². The molecule has 0 aliphatic carbocycles. The lowest BCUT2D eigenvalue weighted by atomic mass is 10.2. The summed E-state index contributed by atoms with van der Waals surface area (Å²) in [6, 6.07) is 4.92. The molecule has 0 amide bonds.